The molecule has 0 saturated heterocycles. The molecule has 0 atom stereocenters. The van der Waals surface area contributed by atoms with Crippen LogP contribution >= 0.6 is 28.3 Å². The summed E-state index contributed by atoms with van der Waals surface area (Å²) in [4.78, 5) is 44.9. The number of para-hydroxylation sites is 1. The molecule has 2 heterocycles. The molecular formula is C27H22BrN3O4S. The molecule has 0 spiro atoms. The molecule has 5 rings (SSSR count). The minimum Gasteiger partial charge on any atom is -0.465 e. The topological polar surface area (TPSA) is 81.0 Å². The highest BCUT2D eigenvalue weighted by Gasteiger charge is 2.36. The zero-order valence-electron chi connectivity index (χ0n) is 19.3. The smallest absolute Gasteiger partial charge is 0.326 e. The van der Waals surface area contributed by atoms with E-state index in [9.17, 15) is 14.4 Å². The van der Waals surface area contributed by atoms with E-state index >= 15 is 0 Å². The number of benzene rings is 3. The second-order valence-electron chi connectivity index (χ2n) is 7.78. The Hall–Kier alpha value is -3.82. The predicted octanol–water partition coefficient (Wildman–Crippen LogP) is 5.39. The van der Waals surface area contributed by atoms with E-state index in [2.05, 4.69) is 0 Å². The van der Waals surface area contributed by atoms with E-state index in [1.165, 1.54) is 16.2 Å². The molecule has 0 aliphatic carbocycles. The summed E-state index contributed by atoms with van der Waals surface area (Å²) >= 11 is 1.40. The van der Waals surface area contributed by atoms with Gasteiger partial charge in [-0.25, -0.2) is 9.89 Å². The van der Waals surface area contributed by atoms with Gasteiger partial charge in [0, 0.05) is 10.9 Å². The molecule has 0 fully saturated rings. The van der Waals surface area contributed by atoms with Crippen molar-refractivity contribution in [2.24, 2.45) is 4.99 Å². The SMILES string of the molecule is Br.CCOC(=O)Cn1c(-c2cccc(N3C(=O)c4ccccc4C3=O)c2)csc1=Nc1ccccc1. The summed E-state index contributed by atoms with van der Waals surface area (Å²) in [5, 5.41) is 1.91. The van der Waals surface area contributed by atoms with Gasteiger partial charge in [0.1, 0.15) is 6.54 Å². The van der Waals surface area contributed by atoms with Crippen LogP contribution in [0.1, 0.15) is 27.6 Å². The summed E-state index contributed by atoms with van der Waals surface area (Å²) in [5.41, 5.74) is 3.48. The first-order valence-electron chi connectivity index (χ1n) is 11.1. The zero-order valence-corrected chi connectivity index (χ0v) is 21.8. The fourth-order valence-electron chi connectivity index (χ4n) is 3.98. The Morgan fingerprint density at radius 1 is 0.917 bits per heavy atom. The minimum absolute atomic E-state index is 0. The lowest BCUT2D eigenvalue weighted by Gasteiger charge is -2.16. The molecule has 0 saturated carbocycles. The highest BCUT2D eigenvalue weighted by Crippen LogP contribution is 2.31. The van der Waals surface area contributed by atoms with Crippen LogP contribution in [0.3, 0.4) is 0 Å². The second kappa shape index (κ2) is 10.8. The molecular weight excluding hydrogens is 542 g/mol. The van der Waals surface area contributed by atoms with Gasteiger partial charge in [0.25, 0.3) is 11.8 Å². The number of imide groups is 1. The van der Waals surface area contributed by atoms with E-state index in [-0.39, 0.29) is 47.9 Å². The van der Waals surface area contributed by atoms with Crippen molar-refractivity contribution in [3.05, 3.63) is 100 Å². The number of rotatable bonds is 6. The van der Waals surface area contributed by atoms with Crippen molar-refractivity contribution in [3.8, 4) is 11.3 Å². The van der Waals surface area contributed by atoms with Crippen molar-refractivity contribution in [1.82, 2.24) is 4.57 Å². The number of carbonyl (C=O) groups is 3. The van der Waals surface area contributed by atoms with Crippen LogP contribution in [0.2, 0.25) is 0 Å². The summed E-state index contributed by atoms with van der Waals surface area (Å²) in [5.74, 6) is -1.09. The standard InChI is InChI=1S/C27H21N3O4S.BrH/c1-2-34-24(31)16-29-23(17-35-27(29)28-19-10-4-3-5-11-19)18-9-8-12-20(15-18)30-25(32)21-13-6-7-14-22(21)26(30)33;/h3-15,17H,2,16H2,1H3;1H. The van der Waals surface area contributed by atoms with Gasteiger partial charge in [-0.1, -0.05) is 42.5 Å². The van der Waals surface area contributed by atoms with Crippen molar-refractivity contribution < 1.29 is 19.1 Å². The summed E-state index contributed by atoms with van der Waals surface area (Å²) in [7, 11) is 0. The average molecular weight is 564 g/mol. The minimum atomic E-state index is -0.377. The Morgan fingerprint density at radius 3 is 2.25 bits per heavy atom. The van der Waals surface area contributed by atoms with Crippen LogP contribution in [0, 0.1) is 0 Å². The maximum Gasteiger partial charge on any atom is 0.326 e. The molecule has 7 nitrogen and oxygen atoms in total. The molecule has 1 aliphatic heterocycles. The number of thiazole rings is 1. The molecule has 1 aliphatic rings. The largest absolute Gasteiger partial charge is 0.465 e. The van der Waals surface area contributed by atoms with E-state index < -0.39 is 0 Å². The Morgan fingerprint density at radius 2 is 1.58 bits per heavy atom. The Balaban J connectivity index is 0.00000304. The van der Waals surface area contributed by atoms with Gasteiger partial charge in [-0.15, -0.1) is 28.3 Å². The molecule has 0 bridgehead atoms. The van der Waals surface area contributed by atoms with Crippen molar-refractivity contribution in [2.45, 2.75) is 13.5 Å². The third-order valence-electron chi connectivity index (χ3n) is 5.57. The van der Waals surface area contributed by atoms with E-state index in [4.69, 9.17) is 9.73 Å². The Bertz CT molecular complexity index is 1480. The first-order valence-corrected chi connectivity index (χ1v) is 12.0. The molecule has 36 heavy (non-hydrogen) atoms. The summed E-state index contributed by atoms with van der Waals surface area (Å²) in [6.07, 6.45) is 0. The lowest BCUT2D eigenvalue weighted by Crippen LogP contribution is -2.29. The number of anilines is 1. The molecule has 0 N–H and O–H groups in total. The third kappa shape index (κ3) is 4.80. The number of amides is 2. The number of hydrogen-bond donors (Lipinski definition) is 0. The number of hydrogen-bond acceptors (Lipinski definition) is 6. The number of nitrogens with zero attached hydrogens (tertiary/aromatic N) is 3. The van der Waals surface area contributed by atoms with Crippen LogP contribution in [0.4, 0.5) is 11.4 Å². The monoisotopic (exact) mass is 563 g/mol. The second-order valence-corrected chi connectivity index (χ2v) is 8.62. The van der Waals surface area contributed by atoms with E-state index in [1.54, 1.807) is 54.0 Å². The van der Waals surface area contributed by atoms with Crippen LogP contribution < -0.4 is 9.70 Å². The van der Waals surface area contributed by atoms with Gasteiger partial charge >= 0.3 is 5.97 Å². The first-order chi connectivity index (χ1) is 17.1. The van der Waals surface area contributed by atoms with Crippen LogP contribution in [-0.2, 0) is 16.1 Å². The van der Waals surface area contributed by atoms with Gasteiger partial charge in [-0.3, -0.25) is 14.4 Å². The average Bonchev–Trinajstić information content (AvgIpc) is 3.38. The molecule has 4 aromatic rings. The third-order valence-corrected chi connectivity index (χ3v) is 6.43. The maximum absolute atomic E-state index is 13.0. The number of ether oxygens (including phenoxy) is 1. The summed E-state index contributed by atoms with van der Waals surface area (Å²) in [6.45, 7) is 2.02. The molecule has 3 aromatic carbocycles. The number of carbonyl (C=O) groups excluding carboxylic acids is 3. The molecule has 1 aromatic heterocycles. The number of esters is 1. The van der Waals surface area contributed by atoms with Crippen molar-refractivity contribution >= 4 is 57.5 Å². The van der Waals surface area contributed by atoms with Gasteiger partial charge in [0.2, 0.25) is 0 Å². The number of fused-ring (bicyclic) bond motifs is 1. The van der Waals surface area contributed by atoms with Crippen molar-refractivity contribution in [3.63, 3.8) is 0 Å². The summed E-state index contributed by atoms with van der Waals surface area (Å²) in [6, 6.07) is 23.4. The predicted molar refractivity (Wildman–Crippen MR) is 144 cm³/mol. The lowest BCUT2D eigenvalue weighted by molar-refractivity contribution is -0.143. The van der Waals surface area contributed by atoms with Crippen LogP contribution in [0.5, 0.6) is 0 Å². The van der Waals surface area contributed by atoms with E-state index in [0.29, 0.717) is 21.6 Å². The van der Waals surface area contributed by atoms with Gasteiger partial charge in [-0.05, 0) is 43.3 Å². The Labute approximate surface area is 222 Å². The fraction of sp³-hybridized carbons (Fsp3) is 0.111. The van der Waals surface area contributed by atoms with Gasteiger partial charge < -0.3 is 9.30 Å². The van der Waals surface area contributed by atoms with Crippen molar-refractivity contribution in [1.29, 1.82) is 0 Å². The molecule has 2 amide bonds. The molecule has 0 unspecified atom stereocenters. The van der Waals surface area contributed by atoms with Crippen LogP contribution in [-0.4, -0.2) is 29.0 Å². The van der Waals surface area contributed by atoms with Crippen LogP contribution in [0.25, 0.3) is 11.3 Å². The highest BCUT2D eigenvalue weighted by atomic mass is 79.9. The number of halogens is 1. The van der Waals surface area contributed by atoms with E-state index in [0.717, 1.165) is 16.9 Å². The first kappa shape index (κ1) is 25.3. The van der Waals surface area contributed by atoms with Gasteiger partial charge in [0.15, 0.2) is 4.80 Å². The molecule has 0 radical (unpaired) electrons. The van der Waals surface area contributed by atoms with E-state index in [1.807, 2.05) is 41.8 Å². The fourth-order valence-corrected chi connectivity index (χ4v) is 4.91. The number of aromatic nitrogens is 1. The normalized spacial score (nSPS) is 12.9. The van der Waals surface area contributed by atoms with Gasteiger partial charge in [-0.2, -0.15) is 0 Å². The Kier molecular flexibility index (Phi) is 7.61. The summed E-state index contributed by atoms with van der Waals surface area (Å²) < 4.78 is 6.97. The quantitative estimate of drug-likeness (QED) is 0.232. The van der Waals surface area contributed by atoms with Crippen LogP contribution in [0.15, 0.2) is 89.2 Å². The van der Waals surface area contributed by atoms with Gasteiger partial charge in [0.05, 0.1) is 34.8 Å². The van der Waals surface area contributed by atoms with Crippen molar-refractivity contribution in [2.75, 3.05) is 11.5 Å². The maximum atomic E-state index is 13.0. The molecule has 9 heteroatoms. The molecule has 182 valence electrons. The highest BCUT2D eigenvalue weighted by molar-refractivity contribution is 8.93. The zero-order chi connectivity index (χ0) is 24.4. The lowest BCUT2D eigenvalue weighted by atomic mass is 10.1.